The van der Waals surface area contributed by atoms with Crippen LogP contribution in [0.25, 0.3) is 0 Å². The van der Waals surface area contributed by atoms with Gasteiger partial charge < -0.3 is 14.7 Å². The molecule has 0 aliphatic carbocycles. The summed E-state index contributed by atoms with van der Waals surface area (Å²) < 4.78 is 38.6. The van der Waals surface area contributed by atoms with Gasteiger partial charge in [-0.05, 0) is 148 Å². The van der Waals surface area contributed by atoms with Crippen molar-refractivity contribution in [3.63, 3.8) is 0 Å². The van der Waals surface area contributed by atoms with Gasteiger partial charge in [-0.15, -0.1) is 0 Å². The monoisotopic (exact) mass is 825 g/mol. The zero-order valence-corrected chi connectivity index (χ0v) is 36.5. The molecule has 0 heterocycles. The van der Waals surface area contributed by atoms with E-state index in [9.17, 15) is 13.2 Å². The Morgan fingerprint density at radius 2 is 0.532 bits per heavy atom. The third-order valence-corrected chi connectivity index (χ3v) is 10.8. The maximum Gasteiger partial charge on any atom is 0.416 e. The van der Waals surface area contributed by atoms with E-state index in [-0.39, 0.29) is 0 Å². The number of para-hydroxylation sites is 7. The summed E-state index contributed by atoms with van der Waals surface area (Å²) in [5.74, 6) is 0. The third kappa shape index (κ3) is 10.8. The molecular formula is C56H54F3N3. The van der Waals surface area contributed by atoms with Crippen LogP contribution in [0.3, 0.4) is 0 Å². The lowest BCUT2D eigenvalue weighted by molar-refractivity contribution is -0.137. The number of benzene rings is 8. The van der Waals surface area contributed by atoms with E-state index >= 15 is 0 Å². The summed E-state index contributed by atoms with van der Waals surface area (Å²) >= 11 is 0. The summed E-state index contributed by atoms with van der Waals surface area (Å²) in [7, 11) is 2.12. The number of halogens is 3. The smallest absolute Gasteiger partial charge is 0.344 e. The van der Waals surface area contributed by atoms with E-state index in [1.54, 1.807) is 0 Å². The Labute approximate surface area is 366 Å². The van der Waals surface area contributed by atoms with Crippen LogP contribution in [0.2, 0.25) is 0 Å². The van der Waals surface area contributed by atoms with Crippen LogP contribution in [0.4, 0.5) is 58.7 Å². The van der Waals surface area contributed by atoms with Crippen LogP contribution in [-0.4, -0.2) is 7.05 Å². The average molecular weight is 826 g/mol. The van der Waals surface area contributed by atoms with Gasteiger partial charge in [0, 0.05) is 52.5 Å². The van der Waals surface area contributed by atoms with Crippen LogP contribution in [0.15, 0.2) is 200 Å². The summed E-state index contributed by atoms with van der Waals surface area (Å²) in [6.45, 7) is 12.6. The highest BCUT2D eigenvalue weighted by atomic mass is 19.4. The standard InChI is InChI=1S/C21H18F3N.C20H19N.C15H17N/c1-15-7-3-5-9-19(15)25(20-10-6-4-8-16(20)2)18-13-11-17(12-14-18)21(22,23)24;1-16-10-6-8-14-19(16)21(18-12-4-3-5-13-18)20-15-9-7-11-17(20)2;1-12-8-4-6-10-14(12)16(3)15-11-7-5-9-13(15)2/h3-14H,1-2H3;3-15H,1-2H3;4-11H,1-3H3. The number of alkyl halides is 3. The van der Waals surface area contributed by atoms with E-state index in [1.165, 1.54) is 62.8 Å². The van der Waals surface area contributed by atoms with Crippen molar-refractivity contribution in [2.75, 3.05) is 21.7 Å². The molecule has 0 spiro atoms. The molecule has 0 amide bonds. The molecule has 0 aliphatic heterocycles. The first-order chi connectivity index (χ1) is 29.8. The molecule has 3 nitrogen and oxygen atoms in total. The molecule has 62 heavy (non-hydrogen) atoms. The second kappa shape index (κ2) is 20.5. The van der Waals surface area contributed by atoms with Crippen LogP contribution in [-0.2, 0) is 6.18 Å². The zero-order chi connectivity index (χ0) is 44.2. The van der Waals surface area contributed by atoms with Crippen molar-refractivity contribution in [2.24, 2.45) is 0 Å². The van der Waals surface area contributed by atoms with Crippen molar-refractivity contribution in [3.8, 4) is 0 Å². The fourth-order valence-corrected chi connectivity index (χ4v) is 7.46. The molecule has 6 heteroatoms. The van der Waals surface area contributed by atoms with Gasteiger partial charge in [-0.3, -0.25) is 0 Å². The molecular weight excluding hydrogens is 772 g/mol. The summed E-state index contributed by atoms with van der Waals surface area (Å²) in [5.41, 5.74) is 15.3. The van der Waals surface area contributed by atoms with Crippen molar-refractivity contribution in [1.82, 2.24) is 0 Å². The second-order valence-electron chi connectivity index (χ2n) is 15.3. The summed E-state index contributed by atoms with van der Waals surface area (Å²) in [6, 6.07) is 65.4. The van der Waals surface area contributed by atoms with E-state index in [0.717, 1.165) is 34.6 Å². The maximum atomic E-state index is 12.9. The molecule has 8 aromatic carbocycles. The van der Waals surface area contributed by atoms with Crippen LogP contribution in [0.5, 0.6) is 0 Å². The Kier molecular flexibility index (Phi) is 14.7. The largest absolute Gasteiger partial charge is 0.416 e. The van der Waals surface area contributed by atoms with Gasteiger partial charge in [0.2, 0.25) is 0 Å². The molecule has 0 unspecified atom stereocenters. The van der Waals surface area contributed by atoms with Crippen LogP contribution < -0.4 is 14.7 Å². The SMILES string of the molecule is Cc1ccccc1N(C)c1ccccc1C.Cc1ccccc1N(c1ccc(C(F)(F)F)cc1)c1ccccc1C.Cc1ccccc1N(c1ccccc1)c1ccccc1C. The highest BCUT2D eigenvalue weighted by Crippen LogP contribution is 2.40. The van der Waals surface area contributed by atoms with Gasteiger partial charge >= 0.3 is 6.18 Å². The first-order valence-electron chi connectivity index (χ1n) is 20.7. The van der Waals surface area contributed by atoms with E-state index in [0.29, 0.717) is 5.69 Å². The van der Waals surface area contributed by atoms with Crippen LogP contribution >= 0.6 is 0 Å². The van der Waals surface area contributed by atoms with Crippen molar-refractivity contribution in [3.05, 3.63) is 239 Å². The molecule has 0 radical (unpaired) electrons. The van der Waals surface area contributed by atoms with Gasteiger partial charge in [-0.1, -0.05) is 127 Å². The Morgan fingerprint density at radius 1 is 0.290 bits per heavy atom. The van der Waals surface area contributed by atoms with Crippen molar-refractivity contribution in [1.29, 1.82) is 0 Å². The lowest BCUT2D eigenvalue weighted by Gasteiger charge is -2.28. The molecule has 0 atom stereocenters. The summed E-state index contributed by atoms with van der Waals surface area (Å²) in [5, 5.41) is 0. The minimum atomic E-state index is -4.34. The quantitative estimate of drug-likeness (QED) is 0.151. The molecule has 0 aliphatic rings. The molecule has 314 valence electrons. The number of hydrogen-bond donors (Lipinski definition) is 0. The molecule has 0 saturated carbocycles. The predicted molar refractivity (Wildman–Crippen MR) is 257 cm³/mol. The number of aryl methyl sites for hydroxylation is 6. The normalized spacial score (nSPS) is 10.7. The van der Waals surface area contributed by atoms with Crippen LogP contribution in [0.1, 0.15) is 38.9 Å². The van der Waals surface area contributed by atoms with E-state index in [2.05, 4.69) is 172 Å². The zero-order valence-electron chi connectivity index (χ0n) is 36.5. The van der Waals surface area contributed by atoms with Gasteiger partial charge in [0.15, 0.2) is 0 Å². The second-order valence-corrected chi connectivity index (χ2v) is 15.3. The average Bonchev–Trinajstić information content (AvgIpc) is 3.27. The molecule has 0 fully saturated rings. The third-order valence-electron chi connectivity index (χ3n) is 10.8. The van der Waals surface area contributed by atoms with Crippen molar-refractivity contribution in [2.45, 2.75) is 47.7 Å². The van der Waals surface area contributed by atoms with Gasteiger partial charge in [0.05, 0.1) is 5.56 Å². The van der Waals surface area contributed by atoms with E-state index in [4.69, 9.17) is 0 Å². The van der Waals surface area contributed by atoms with Gasteiger partial charge in [0.1, 0.15) is 0 Å². The Bertz CT molecular complexity index is 2530. The lowest BCUT2D eigenvalue weighted by atomic mass is 10.1. The fraction of sp³-hybridized carbons (Fsp3) is 0.143. The number of rotatable bonds is 8. The Morgan fingerprint density at radius 3 is 0.806 bits per heavy atom. The molecule has 0 bridgehead atoms. The van der Waals surface area contributed by atoms with Crippen molar-refractivity contribution < 1.29 is 13.2 Å². The number of hydrogen-bond acceptors (Lipinski definition) is 3. The summed E-state index contributed by atoms with van der Waals surface area (Å²) in [6.07, 6.45) is -4.34. The number of nitrogens with zero attached hydrogens (tertiary/aromatic N) is 3. The maximum absolute atomic E-state index is 12.9. The molecule has 8 aromatic rings. The first-order valence-corrected chi connectivity index (χ1v) is 20.7. The van der Waals surface area contributed by atoms with Crippen LogP contribution in [0, 0.1) is 41.5 Å². The van der Waals surface area contributed by atoms with Gasteiger partial charge in [0.25, 0.3) is 0 Å². The molecule has 0 saturated heterocycles. The van der Waals surface area contributed by atoms with Gasteiger partial charge in [-0.25, -0.2) is 0 Å². The van der Waals surface area contributed by atoms with Crippen molar-refractivity contribution >= 4 is 45.5 Å². The molecule has 0 N–H and O–H groups in total. The highest BCUT2D eigenvalue weighted by molar-refractivity contribution is 5.81. The minimum absolute atomic E-state index is 0.647. The Balaban J connectivity index is 0.000000159. The minimum Gasteiger partial charge on any atom is -0.344 e. The number of anilines is 8. The first kappa shape index (κ1) is 44.5. The highest BCUT2D eigenvalue weighted by Gasteiger charge is 2.30. The predicted octanol–water partition coefficient (Wildman–Crippen LogP) is 16.6. The topological polar surface area (TPSA) is 9.72 Å². The Hall–Kier alpha value is -7.05. The molecule has 8 rings (SSSR count). The fourth-order valence-electron chi connectivity index (χ4n) is 7.46. The van der Waals surface area contributed by atoms with Gasteiger partial charge in [-0.2, -0.15) is 13.2 Å². The van der Waals surface area contributed by atoms with E-state index in [1.807, 2.05) is 67.3 Å². The summed E-state index contributed by atoms with van der Waals surface area (Å²) in [4.78, 5) is 6.56. The van der Waals surface area contributed by atoms with E-state index < -0.39 is 11.7 Å². The molecule has 0 aromatic heterocycles. The lowest BCUT2D eigenvalue weighted by Crippen LogP contribution is -2.13.